The van der Waals surface area contributed by atoms with Crippen molar-refractivity contribution in [1.82, 2.24) is 0 Å². The van der Waals surface area contributed by atoms with Gasteiger partial charge in [0.05, 0.1) is 22.3 Å². The SMILES string of the molecule is C1CCC1.O=C(O)c1ccccc1.O=C(O)c1ccccc1.O=C(O)c1ccccc1.O=C(O)c1ccccc1. The van der Waals surface area contributed by atoms with Crippen LogP contribution in [0, 0.1) is 0 Å². The summed E-state index contributed by atoms with van der Waals surface area (Å²) >= 11 is 0. The molecule has 0 aliphatic heterocycles. The Balaban J connectivity index is 0.000000254. The first-order valence-corrected chi connectivity index (χ1v) is 12.4. The first kappa shape index (κ1) is 32.8. The highest BCUT2D eigenvalue weighted by Crippen LogP contribution is 2.15. The molecule has 1 aliphatic carbocycles. The van der Waals surface area contributed by atoms with E-state index in [4.69, 9.17) is 20.4 Å². The predicted molar refractivity (Wildman–Crippen MR) is 152 cm³/mol. The van der Waals surface area contributed by atoms with Crippen molar-refractivity contribution in [2.24, 2.45) is 0 Å². The summed E-state index contributed by atoms with van der Waals surface area (Å²) in [5.74, 6) is -3.52. The Morgan fingerprint density at radius 2 is 0.475 bits per heavy atom. The Morgan fingerprint density at radius 3 is 0.550 bits per heavy atom. The molecule has 1 aliphatic rings. The van der Waals surface area contributed by atoms with Crippen LogP contribution in [-0.2, 0) is 0 Å². The maximum atomic E-state index is 10.2. The Kier molecular flexibility index (Phi) is 16.2. The van der Waals surface area contributed by atoms with Crippen LogP contribution in [0.4, 0.5) is 0 Å². The number of carbonyl (C=O) groups is 4. The zero-order valence-corrected chi connectivity index (χ0v) is 21.8. The number of rotatable bonds is 4. The average Bonchev–Trinajstić information content (AvgIpc) is 2.95. The third-order valence-electron chi connectivity index (χ3n) is 5.08. The molecule has 0 unspecified atom stereocenters. The molecule has 0 spiro atoms. The van der Waals surface area contributed by atoms with E-state index in [1.165, 1.54) is 25.7 Å². The molecule has 1 fully saturated rings. The quantitative estimate of drug-likeness (QED) is 0.212. The molecule has 0 aromatic heterocycles. The van der Waals surface area contributed by atoms with Crippen LogP contribution in [-0.4, -0.2) is 44.3 Å². The van der Waals surface area contributed by atoms with Crippen LogP contribution in [0.25, 0.3) is 0 Å². The van der Waals surface area contributed by atoms with E-state index in [9.17, 15) is 19.2 Å². The van der Waals surface area contributed by atoms with Crippen LogP contribution >= 0.6 is 0 Å². The lowest BCUT2D eigenvalue weighted by molar-refractivity contribution is 0.0686. The van der Waals surface area contributed by atoms with E-state index >= 15 is 0 Å². The lowest BCUT2D eigenvalue weighted by atomic mass is 10.0. The second-order valence-electron chi connectivity index (χ2n) is 8.10. The molecular formula is C32H32O8. The molecule has 0 saturated heterocycles. The minimum atomic E-state index is -0.879. The van der Waals surface area contributed by atoms with Crippen LogP contribution < -0.4 is 0 Å². The summed E-state index contributed by atoms with van der Waals surface area (Å²) in [7, 11) is 0. The molecule has 4 aromatic rings. The van der Waals surface area contributed by atoms with Crippen LogP contribution in [0.5, 0.6) is 0 Å². The Hall–Kier alpha value is -5.24. The Morgan fingerprint density at radius 1 is 0.325 bits per heavy atom. The molecule has 0 amide bonds. The van der Waals surface area contributed by atoms with Crippen molar-refractivity contribution in [3.8, 4) is 0 Å². The molecule has 0 bridgehead atoms. The number of carboxylic acid groups (broad SMARTS) is 4. The third kappa shape index (κ3) is 15.1. The maximum absolute atomic E-state index is 10.2. The summed E-state index contributed by atoms with van der Waals surface area (Å²) < 4.78 is 0. The van der Waals surface area contributed by atoms with Gasteiger partial charge in [0.15, 0.2) is 0 Å². The number of hydrogen-bond donors (Lipinski definition) is 4. The van der Waals surface area contributed by atoms with E-state index in [1.54, 1.807) is 121 Å². The van der Waals surface area contributed by atoms with Crippen molar-refractivity contribution in [3.63, 3.8) is 0 Å². The van der Waals surface area contributed by atoms with Gasteiger partial charge in [-0.05, 0) is 48.5 Å². The summed E-state index contributed by atoms with van der Waals surface area (Å²) in [6.45, 7) is 0. The molecule has 208 valence electrons. The van der Waals surface area contributed by atoms with E-state index in [0.29, 0.717) is 22.3 Å². The first-order valence-electron chi connectivity index (χ1n) is 12.4. The molecule has 5 rings (SSSR count). The van der Waals surface area contributed by atoms with Crippen LogP contribution in [0.15, 0.2) is 121 Å². The van der Waals surface area contributed by atoms with Crippen LogP contribution in [0.1, 0.15) is 67.1 Å². The average molecular weight is 545 g/mol. The highest BCUT2D eigenvalue weighted by molar-refractivity contribution is 5.88. The molecule has 0 atom stereocenters. The van der Waals surface area contributed by atoms with Gasteiger partial charge in [-0.2, -0.15) is 0 Å². The van der Waals surface area contributed by atoms with Gasteiger partial charge in [0.1, 0.15) is 0 Å². The van der Waals surface area contributed by atoms with Crippen molar-refractivity contribution in [1.29, 1.82) is 0 Å². The monoisotopic (exact) mass is 544 g/mol. The fraction of sp³-hybridized carbons (Fsp3) is 0.125. The molecule has 4 aromatic carbocycles. The molecule has 4 N–H and O–H groups in total. The molecular weight excluding hydrogens is 512 g/mol. The summed E-state index contributed by atoms with van der Waals surface area (Å²) in [6, 6.07) is 33.2. The van der Waals surface area contributed by atoms with Gasteiger partial charge < -0.3 is 20.4 Å². The van der Waals surface area contributed by atoms with Gasteiger partial charge in [0.2, 0.25) is 0 Å². The lowest BCUT2D eigenvalue weighted by Gasteiger charge is -2.05. The van der Waals surface area contributed by atoms with Crippen molar-refractivity contribution in [3.05, 3.63) is 144 Å². The van der Waals surface area contributed by atoms with Gasteiger partial charge in [-0.15, -0.1) is 0 Å². The molecule has 1 saturated carbocycles. The largest absolute Gasteiger partial charge is 0.478 e. The van der Waals surface area contributed by atoms with Crippen molar-refractivity contribution >= 4 is 23.9 Å². The second kappa shape index (κ2) is 19.8. The fourth-order valence-corrected chi connectivity index (χ4v) is 2.57. The van der Waals surface area contributed by atoms with Crippen molar-refractivity contribution in [2.45, 2.75) is 25.7 Å². The minimum Gasteiger partial charge on any atom is -0.478 e. The topological polar surface area (TPSA) is 149 Å². The van der Waals surface area contributed by atoms with Crippen LogP contribution in [0.3, 0.4) is 0 Å². The minimum absolute atomic E-state index is 0.331. The highest BCUT2D eigenvalue weighted by Gasteiger charge is 1.99. The van der Waals surface area contributed by atoms with E-state index in [2.05, 4.69) is 0 Å². The molecule has 8 nitrogen and oxygen atoms in total. The predicted octanol–water partition coefficient (Wildman–Crippen LogP) is 7.10. The molecule has 0 heterocycles. The molecule has 0 radical (unpaired) electrons. The van der Waals surface area contributed by atoms with Gasteiger partial charge >= 0.3 is 23.9 Å². The lowest BCUT2D eigenvalue weighted by Crippen LogP contribution is -1.93. The number of carboxylic acids is 4. The Labute approximate surface area is 232 Å². The zero-order valence-electron chi connectivity index (χ0n) is 21.8. The standard InChI is InChI=1S/4C7H6O2.C4H8/c4*8-7(9)6-4-2-1-3-5-6;1-2-4-3-1/h4*1-5H,(H,8,9);1-4H2. The fourth-order valence-electron chi connectivity index (χ4n) is 2.57. The smallest absolute Gasteiger partial charge is 0.335 e. The van der Waals surface area contributed by atoms with E-state index < -0.39 is 23.9 Å². The van der Waals surface area contributed by atoms with E-state index in [-0.39, 0.29) is 0 Å². The van der Waals surface area contributed by atoms with Gasteiger partial charge in [-0.25, -0.2) is 19.2 Å². The third-order valence-corrected chi connectivity index (χ3v) is 5.08. The van der Waals surface area contributed by atoms with E-state index in [1.807, 2.05) is 0 Å². The molecule has 40 heavy (non-hydrogen) atoms. The number of benzene rings is 4. The van der Waals surface area contributed by atoms with Gasteiger partial charge in [0.25, 0.3) is 0 Å². The highest BCUT2D eigenvalue weighted by atomic mass is 16.4. The second-order valence-corrected chi connectivity index (χ2v) is 8.10. The van der Waals surface area contributed by atoms with Crippen LogP contribution in [0.2, 0.25) is 0 Å². The summed E-state index contributed by atoms with van der Waals surface area (Å²) in [5.41, 5.74) is 1.32. The zero-order chi connectivity index (χ0) is 29.6. The first-order chi connectivity index (χ1) is 19.2. The normalized spacial score (nSPS) is 10.4. The Bertz CT molecular complexity index is 1070. The summed E-state index contributed by atoms with van der Waals surface area (Å²) in [4.78, 5) is 40.8. The molecule has 8 heteroatoms. The van der Waals surface area contributed by atoms with Crippen molar-refractivity contribution in [2.75, 3.05) is 0 Å². The van der Waals surface area contributed by atoms with Gasteiger partial charge in [0, 0.05) is 0 Å². The van der Waals surface area contributed by atoms with Gasteiger partial charge in [-0.1, -0.05) is 98.5 Å². The maximum Gasteiger partial charge on any atom is 0.335 e. The summed E-state index contributed by atoms with van der Waals surface area (Å²) in [6.07, 6.45) is 6.00. The van der Waals surface area contributed by atoms with Crippen molar-refractivity contribution < 1.29 is 39.6 Å². The summed E-state index contributed by atoms with van der Waals surface area (Å²) in [5, 5.41) is 33.5. The number of hydrogen-bond acceptors (Lipinski definition) is 4. The number of aromatic carboxylic acids is 4. The van der Waals surface area contributed by atoms with E-state index in [0.717, 1.165) is 0 Å². The van der Waals surface area contributed by atoms with Gasteiger partial charge in [-0.3, -0.25) is 0 Å².